The van der Waals surface area contributed by atoms with Crippen LogP contribution in [0.4, 0.5) is 0 Å². The van der Waals surface area contributed by atoms with E-state index in [1.807, 2.05) is 0 Å². The highest BCUT2D eigenvalue weighted by Gasteiger charge is 2.23. The highest BCUT2D eigenvalue weighted by molar-refractivity contribution is 5.77. The number of ether oxygens (including phenoxy) is 1. The van der Waals surface area contributed by atoms with Gasteiger partial charge in [-0.3, -0.25) is 4.79 Å². The quantitative estimate of drug-likeness (QED) is 0.750. The zero-order valence-electron chi connectivity index (χ0n) is 9.78. The highest BCUT2D eigenvalue weighted by atomic mass is 16.5. The number of hydrogen-bond acceptors (Lipinski definition) is 3. The lowest BCUT2D eigenvalue weighted by atomic mass is 10.2. The first kappa shape index (κ1) is 11.9. The molecule has 0 heterocycles. The van der Waals surface area contributed by atoms with Crippen LogP contribution in [0.2, 0.25) is 0 Å². The third-order valence-electron chi connectivity index (χ3n) is 3.60. The average Bonchev–Trinajstić information content (AvgIpc) is 2.87. The van der Waals surface area contributed by atoms with Gasteiger partial charge in [0.1, 0.15) is 6.61 Å². The Morgan fingerprint density at radius 2 is 2.00 bits per heavy atom. The van der Waals surface area contributed by atoms with Crippen LogP contribution in [0, 0.1) is 0 Å². The van der Waals surface area contributed by atoms with Crippen LogP contribution in [0.25, 0.3) is 0 Å². The summed E-state index contributed by atoms with van der Waals surface area (Å²) < 4.78 is 5.55. The molecule has 2 fully saturated rings. The van der Waals surface area contributed by atoms with Crippen molar-refractivity contribution in [3.8, 4) is 0 Å². The summed E-state index contributed by atoms with van der Waals surface area (Å²) in [5, 5.41) is 3.02. The number of rotatable bonds is 4. The molecular formula is C12H22N2O2. The van der Waals surface area contributed by atoms with Crippen molar-refractivity contribution in [3.63, 3.8) is 0 Å². The SMILES string of the molecule is NC1CCC(OCC(=O)NC2CCCC2)C1. The van der Waals surface area contributed by atoms with Crippen LogP contribution in [0.15, 0.2) is 0 Å². The van der Waals surface area contributed by atoms with Crippen LogP contribution < -0.4 is 11.1 Å². The fraction of sp³-hybridized carbons (Fsp3) is 0.917. The van der Waals surface area contributed by atoms with E-state index >= 15 is 0 Å². The van der Waals surface area contributed by atoms with E-state index in [9.17, 15) is 4.79 Å². The molecule has 2 aliphatic rings. The van der Waals surface area contributed by atoms with Crippen molar-refractivity contribution < 1.29 is 9.53 Å². The van der Waals surface area contributed by atoms with E-state index in [4.69, 9.17) is 10.5 Å². The number of hydrogen-bond donors (Lipinski definition) is 2. The van der Waals surface area contributed by atoms with Crippen LogP contribution in [-0.4, -0.2) is 30.7 Å². The normalized spacial score (nSPS) is 30.8. The molecule has 0 aromatic rings. The molecule has 2 saturated carbocycles. The zero-order chi connectivity index (χ0) is 11.4. The molecule has 0 bridgehead atoms. The Balaban J connectivity index is 1.60. The van der Waals surface area contributed by atoms with Crippen molar-refractivity contribution in [1.82, 2.24) is 5.32 Å². The minimum Gasteiger partial charge on any atom is -0.368 e. The van der Waals surface area contributed by atoms with E-state index in [0.29, 0.717) is 6.04 Å². The van der Waals surface area contributed by atoms with Gasteiger partial charge in [-0.25, -0.2) is 0 Å². The van der Waals surface area contributed by atoms with Gasteiger partial charge in [0.2, 0.25) is 5.91 Å². The molecule has 2 rings (SSSR count). The highest BCUT2D eigenvalue weighted by Crippen LogP contribution is 2.20. The molecule has 2 atom stereocenters. The summed E-state index contributed by atoms with van der Waals surface area (Å²) in [7, 11) is 0. The standard InChI is InChI=1S/C12H22N2O2/c13-9-5-6-11(7-9)16-8-12(15)14-10-3-1-2-4-10/h9-11H,1-8,13H2,(H,14,15). The Kier molecular flexibility index (Phi) is 4.18. The Morgan fingerprint density at radius 3 is 2.62 bits per heavy atom. The summed E-state index contributed by atoms with van der Waals surface area (Å²) in [5.41, 5.74) is 5.78. The van der Waals surface area contributed by atoms with Gasteiger partial charge in [0.05, 0.1) is 6.10 Å². The topological polar surface area (TPSA) is 64.3 Å². The summed E-state index contributed by atoms with van der Waals surface area (Å²) in [6.45, 7) is 0.202. The second-order valence-corrected chi connectivity index (χ2v) is 5.06. The van der Waals surface area contributed by atoms with Crippen LogP contribution in [0.1, 0.15) is 44.9 Å². The molecule has 0 saturated heterocycles. The fourth-order valence-electron chi connectivity index (χ4n) is 2.66. The lowest BCUT2D eigenvalue weighted by Crippen LogP contribution is -2.36. The van der Waals surface area contributed by atoms with Crippen molar-refractivity contribution in [2.45, 2.75) is 63.1 Å². The number of nitrogens with one attached hydrogen (secondary N) is 1. The Bertz CT molecular complexity index is 239. The van der Waals surface area contributed by atoms with Gasteiger partial charge >= 0.3 is 0 Å². The number of nitrogens with two attached hydrogens (primary N) is 1. The van der Waals surface area contributed by atoms with E-state index in [0.717, 1.165) is 32.1 Å². The smallest absolute Gasteiger partial charge is 0.246 e. The van der Waals surface area contributed by atoms with Crippen molar-refractivity contribution in [2.24, 2.45) is 5.73 Å². The Morgan fingerprint density at radius 1 is 1.25 bits per heavy atom. The van der Waals surface area contributed by atoms with Crippen molar-refractivity contribution >= 4 is 5.91 Å². The van der Waals surface area contributed by atoms with E-state index in [1.165, 1.54) is 12.8 Å². The summed E-state index contributed by atoms with van der Waals surface area (Å²) in [4.78, 5) is 11.6. The zero-order valence-corrected chi connectivity index (χ0v) is 9.78. The summed E-state index contributed by atoms with van der Waals surface area (Å²) in [6.07, 6.45) is 7.85. The van der Waals surface area contributed by atoms with Crippen molar-refractivity contribution in [2.75, 3.05) is 6.61 Å². The Labute approximate surface area is 96.9 Å². The monoisotopic (exact) mass is 226 g/mol. The maximum Gasteiger partial charge on any atom is 0.246 e. The van der Waals surface area contributed by atoms with Crippen LogP contribution in [-0.2, 0) is 9.53 Å². The molecule has 16 heavy (non-hydrogen) atoms. The number of amides is 1. The summed E-state index contributed by atoms with van der Waals surface area (Å²) in [6, 6.07) is 0.657. The second-order valence-electron chi connectivity index (χ2n) is 5.06. The van der Waals surface area contributed by atoms with Gasteiger partial charge < -0.3 is 15.8 Å². The molecule has 2 unspecified atom stereocenters. The van der Waals surface area contributed by atoms with Crippen LogP contribution in [0.3, 0.4) is 0 Å². The summed E-state index contributed by atoms with van der Waals surface area (Å²) >= 11 is 0. The van der Waals surface area contributed by atoms with E-state index in [1.54, 1.807) is 0 Å². The van der Waals surface area contributed by atoms with Gasteiger partial charge in [0.25, 0.3) is 0 Å². The van der Waals surface area contributed by atoms with Gasteiger partial charge in [-0.15, -0.1) is 0 Å². The van der Waals surface area contributed by atoms with Gasteiger partial charge in [0, 0.05) is 12.1 Å². The van der Waals surface area contributed by atoms with E-state index in [2.05, 4.69) is 5.32 Å². The molecule has 0 aromatic carbocycles. The first-order chi connectivity index (χ1) is 7.74. The first-order valence-corrected chi connectivity index (χ1v) is 6.40. The molecule has 4 heteroatoms. The third-order valence-corrected chi connectivity index (χ3v) is 3.60. The molecule has 4 nitrogen and oxygen atoms in total. The third kappa shape index (κ3) is 3.46. The molecule has 0 aliphatic heterocycles. The van der Waals surface area contributed by atoms with Gasteiger partial charge in [0.15, 0.2) is 0 Å². The molecule has 2 aliphatic carbocycles. The molecular weight excluding hydrogens is 204 g/mol. The number of carbonyl (C=O) groups is 1. The molecule has 0 aromatic heterocycles. The average molecular weight is 226 g/mol. The van der Waals surface area contributed by atoms with E-state index in [-0.39, 0.29) is 24.7 Å². The molecule has 3 N–H and O–H groups in total. The molecule has 0 spiro atoms. The van der Waals surface area contributed by atoms with Gasteiger partial charge in [-0.05, 0) is 32.1 Å². The maximum atomic E-state index is 11.6. The van der Waals surface area contributed by atoms with Gasteiger partial charge in [-0.1, -0.05) is 12.8 Å². The predicted octanol–water partition coefficient (Wildman–Crippen LogP) is 0.942. The maximum absolute atomic E-state index is 11.6. The lowest BCUT2D eigenvalue weighted by Gasteiger charge is -2.14. The second kappa shape index (κ2) is 5.64. The number of carbonyl (C=O) groups excluding carboxylic acids is 1. The molecule has 92 valence electrons. The first-order valence-electron chi connectivity index (χ1n) is 6.40. The van der Waals surface area contributed by atoms with Crippen LogP contribution in [0.5, 0.6) is 0 Å². The minimum atomic E-state index is 0.0346. The van der Waals surface area contributed by atoms with E-state index < -0.39 is 0 Å². The lowest BCUT2D eigenvalue weighted by molar-refractivity contribution is -0.128. The summed E-state index contributed by atoms with van der Waals surface area (Å²) in [5.74, 6) is 0.0346. The van der Waals surface area contributed by atoms with Crippen LogP contribution >= 0.6 is 0 Å². The molecule has 1 amide bonds. The van der Waals surface area contributed by atoms with Crippen molar-refractivity contribution in [1.29, 1.82) is 0 Å². The predicted molar refractivity (Wildman–Crippen MR) is 62.0 cm³/mol. The largest absolute Gasteiger partial charge is 0.368 e. The van der Waals surface area contributed by atoms with Gasteiger partial charge in [-0.2, -0.15) is 0 Å². The molecule has 0 radical (unpaired) electrons. The minimum absolute atomic E-state index is 0.0346. The Hall–Kier alpha value is -0.610. The fourth-order valence-corrected chi connectivity index (χ4v) is 2.66. The van der Waals surface area contributed by atoms with Crippen molar-refractivity contribution in [3.05, 3.63) is 0 Å².